The lowest BCUT2D eigenvalue weighted by molar-refractivity contribution is -0.242. The zero-order valence-corrected chi connectivity index (χ0v) is 23.9. The largest absolute Gasteiger partial charge is 0.388 e. The van der Waals surface area contributed by atoms with Crippen molar-refractivity contribution in [3.63, 3.8) is 0 Å². The van der Waals surface area contributed by atoms with Crippen molar-refractivity contribution in [2.24, 2.45) is 5.73 Å². The van der Waals surface area contributed by atoms with Crippen LogP contribution < -0.4 is 5.73 Å². The van der Waals surface area contributed by atoms with E-state index in [1.165, 1.54) is 0 Å². The molecule has 224 valence electrons. The molecule has 1 saturated heterocycles. The van der Waals surface area contributed by atoms with E-state index in [2.05, 4.69) is 33.4 Å². The van der Waals surface area contributed by atoms with Crippen LogP contribution in [-0.2, 0) is 34.0 Å². The smallest absolute Gasteiger partial charge is 0.113 e. The number of aliphatic hydroxyl groups is 2. The van der Waals surface area contributed by atoms with Gasteiger partial charge in [0.05, 0.1) is 32.1 Å². The molecule has 5 atom stereocenters. The first kappa shape index (κ1) is 30.0. The average Bonchev–Trinajstić information content (AvgIpc) is 3.44. The molecular weight excluding hydrogens is 522 g/mol. The number of benzene rings is 2. The fourth-order valence-corrected chi connectivity index (χ4v) is 5.91. The van der Waals surface area contributed by atoms with Gasteiger partial charge in [0.25, 0.3) is 0 Å². The lowest BCUT2D eigenvalue weighted by Gasteiger charge is -2.43. The summed E-state index contributed by atoms with van der Waals surface area (Å²) in [6.07, 6.45) is 3.75. The quantitative estimate of drug-likeness (QED) is 0.369. The Labute approximate surface area is 242 Å². The van der Waals surface area contributed by atoms with Crippen LogP contribution in [0.5, 0.6) is 0 Å². The van der Waals surface area contributed by atoms with Crippen LogP contribution in [0.1, 0.15) is 49.8 Å². The molecule has 0 saturated carbocycles. The third-order valence-electron chi connectivity index (χ3n) is 8.22. The first-order chi connectivity index (χ1) is 20.1. The van der Waals surface area contributed by atoms with Crippen LogP contribution in [0.2, 0.25) is 0 Å². The number of unbranched alkanes of at least 4 members (excludes halogenated alkanes) is 1. The van der Waals surface area contributed by atoms with Crippen molar-refractivity contribution in [1.82, 2.24) is 19.9 Å². The molecule has 3 heterocycles. The van der Waals surface area contributed by atoms with Crippen molar-refractivity contribution < 1.29 is 24.4 Å². The van der Waals surface area contributed by atoms with E-state index in [0.717, 1.165) is 73.8 Å². The number of hydrogen-bond donors (Lipinski definition) is 3. The number of rotatable bonds is 7. The van der Waals surface area contributed by atoms with E-state index in [9.17, 15) is 10.2 Å². The van der Waals surface area contributed by atoms with Gasteiger partial charge in [-0.2, -0.15) is 0 Å². The summed E-state index contributed by atoms with van der Waals surface area (Å²) >= 11 is 0. The van der Waals surface area contributed by atoms with E-state index < -0.39 is 30.5 Å². The molecule has 10 nitrogen and oxygen atoms in total. The fourth-order valence-electron chi connectivity index (χ4n) is 5.91. The maximum Gasteiger partial charge on any atom is 0.113 e. The van der Waals surface area contributed by atoms with Gasteiger partial charge in [-0.15, -0.1) is 5.10 Å². The molecule has 0 aliphatic carbocycles. The SMILES string of the molecule is NCCCCN1CCCCCOCc2cn(nn2)C[C@H]2O[C@H](CC1)[C@H](OCc1cccc3ccccc13)[C@@H](O)[C@H]2O. The Hall–Kier alpha value is -2.44. The van der Waals surface area contributed by atoms with Gasteiger partial charge in [-0.25, -0.2) is 4.68 Å². The van der Waals surface area contributed by atoms with Crippen LogP contribution >= 0.6 is 0 Å². The summed E-state index contributed by atoms with van der Waals surface area (Å²) in [5.74, 6) is 0. The minimum atomic E-state index is -1.13. The van der Waals surface area contributed by atoms with E-state index in [0.29, 0.717) is 32.8 Å². The first-order valence-electron chi connectivity index (χ1n) is 15.1. The summed E-state index contributed by atoms with van der Waals surface area (Å²) in [6, 6.07) is 14.3. The number of aromatic nitrogens is 3. The second kappa shape index (κ2) is 15.2. The average molecular weight is 568 g/mol. The van der Waals surface area contributed by atoms with Crippen molar-refractivity contribution in [3.8, 4) is 0 Å². The monoisotopic (exact) mass is 567 g/mol. The lowest BCUT2D eigenvalue weighted by atomic mass is 9.92. The Balaban J connectivity index is 1.34. The summed E-state index contributed by atoms with van der Waals surface area (Å²) in [5.41, 5.74) is 7.54. The highest BCUT2D eigenvalue weighted by Crippen LogP contribution is 2.29. The Morgan fingerprint density at radius 1 is 0.976 bits per heavy atom. The van der Waals surface area contributed by atoms with Gasteiger partial charge in [0.2, 0.25) is 0 Å². The number of hydrogen-bond acceptors (Lipinski definition) is 9. The van der Waals surface area contributed by atoms with E-state index in [4.69, 9.17) is 19.9 Å². The van der Waals surface area contributed by atoms with Gasteiger partial charge in [0.15, 0.2) is 0 Å². The van der Waals surface area contributed by atoms with Crippen molar-refractivity contribution in [2.45, 2.75) is 88.8 Å². The molecule has 5 rings (SSSR count). The molecule has 2 aromatic carbocycles. The summed E-state index contributed by atoms with van der Waals surface area (Å²) < 4.78 is 20.4. The van der Waals surface area contributed by atoms with Gasteiger partial charge >= 0.3 is 0 Å². The van der Waals surface area contributed by atoms with E-state index in [-0.39, 0.29) is 6.54 Å². The van der Waals surface area contributed by atoms with Crippen LogP contribution in [0.3, 0.4) is 0 Å². The number of aliphatic hydroxyl groups excluding tert-OH is 2. The van der Waals surface area contributed by atoms with Crippen LogP contribution in [0.15, 0.2) is 48.7 Å². The van der Waals surface area contributed by atoms with E-state index in [1.807, 2.05) is 30.5 Å². The van der Waals surface area contributed by atoms with Crippen LogP contribution in [0.25, 0.3) is 10.8 Å². The van der Waals surface area contributed by atoms with Crippen LogP contribution in [0.4, 0.5) is 0 Å². The Kier molecular flexibility index (Phi) is 11.1. The predicted octanol–water partition coefficient (Wildman–Crippen LogP) is 2.64. The van der Waals surface area contributed by atoms with Crippen molar-refractivity contribution in [1.29, 1.82) is 0 Å². The summed E-state index contributed by atoms with van der Waals surface area (Å²) in [5, 5.41) is 33.2. The molecule has 2 aliphatic rings. The molecule has 0 unspecified atom stereocenters. The normalized spacial score (nSPS) is 27.0. The Bertz CT molecular complexity index is 1200. The second-order valence-electron chi connectivity index (χ2n) is 11.3. The van der Waals surface area contributed by atoms with Gasteiger partial charge in [-0.1, -0.05) is 47.7 Å². The Morgan fingerprint density at radius 2 is 1.85 bits per heavy atom. The highest BCUT2D eigenvalue weighted by atomic mass is 16.6. The van der Waals surface area contributed by atoms with Crippen LogP contribution in [0, 0.1) is 0 Å². The number of nitrogens with zero attached hydrogens (tertiary/aromatic N) is 4. The molecule has 0 radical (unpaired) electrons. The standard InChI is InChI=1S/C31H45N5O5/c32-14-4-6-16-35-15-5-1-7-18-39-22-25-19-36(34-33-25)20-28-29(37)30(38)31(27(41-28)13-17-35)40-21-24-11-8-10-23-9-2-3-12-26(23)24/h2-3,8-12,19,27-31,37-38H,1,4-7,13-18,20-22,32H2/t27-,28-,29+,30+,31+/m1/s1. The van der Waals surface area contributed by atoms with Gasteiger partial charge in [0, 0.05) is 13.2 Å². The third-order valence-corrected chi connectivity index (χ3v) is 8.22. The molecule has 10 heteroatoms. The minimum absolute atomic E-state index is 0.276. The molecule has 41 heavy (non-hydrogen) atoms. The maximum absolute atomic E-state index is 11.4. The summed E-state index contributed by atoms with van der Waals surface area (Å²) in [7, 11) is 0. The van der Waals surface area contributed by atoms with Gasteiger partial charge in [-0.3, -0.25) is 0 Å². The molecule has 4 bridgehead atoms. The minimum Gasteiger partial charge on any atom is -0.388 e. The highest BCUT2D eigenvalue weighted by molar-refractivity contribution is 5.85. The summed E-state index contributed by atoms with van der Waals surface area (Å²) in [4.78, 5) is 2.47. The second-order valence-corrected chi connectivity index (χ2v) is 11.3. The van der Waals surface area contributed by atoms with Gasteiger partial charge in [0.1, 0.15) is 30.1 Å². The molecule has 2 aliphatic heterocycles. The first-order valence-corrected chi connectivity index (χ1v) is 15.1. The molecule has 0 spiro atoms. The fraction of sp³-hybridized carbons (Fsp3) is 0.613. The van der Waals surface area contributed by atoms with Crippen molar-refractivity contribution >= 4 is 10.8 Å². The number of fused-ring (bicyclic) bond motifs is 5. The number of ether oxygens (including phenoxy) is 3. The van der Waals surface area contributed by atoms with Gasteiger partial charge in [-0.05, 0) is 74.5 Å². The van der Waals surface area contributed by atoms with Gasteiger partial charge < -0.3 is 35.1 Å². The molecular formula is C31H45N5O5. The molecule has 3 aromatic rings. The van der Waals surface area contributed by atoms with E-state index >= 15 is 0 Å². The highest BCUT2D eigenvalue weighted by Gasteiger charge is 2.45. The topological polar surface area (TPSA) is 128 Å². The molecule has 1 aromatic heterocycles. The predicted molar refractivity (Wildman–Crippen MR) is 156 cm³/mol. The summed E-state index contributed by atoms with van der Waals surface area (Å²) in [6.45, 7) is 5.13. The zero-order chi connectivity index (χ0) is 28.4. The maximum atomic E-state index is 11.4. The Morgan fingerprint density at radius 3 is 2.76 bits per heavy atom. The lowest BCUT2D eigenvalue weighted by Crippen LogP contribution is -2.59. The number of nitrogens with two attached hydrogens (primary N) is 1. The van der Waals surface area contributed by atoms with Crippen LogP contribution in [-0.4, -0.2) is 93.4 Å². The van der Waals surface area contributed by atoms with Crippen molar-refractivity contribution in [2.75, 3.05) is 32.8 Å². The molecule has 1 fully saturated rings. The zero-order valence-electron chi connectivity index (χ0n) is 23.9. The van der Waals surface area contributed by atoms with E-state index in [1.54, 1.807) is 4.68 Å². The van der Waals surface area contributed by atoms with Crippen molar-refractivity contribution in [3.05, 3.63) is 59.9 Å². The third kappa shape index (κ3) is 8.10. The molecule has 0 amide bonds. The molecule has 4 N–H and O–H groups in total.